The predicted octanol–water partition coefficient (Wildman–Crippen LogP) is 4.34. The fraction of sp³-hybridized carbons (Fsp3) is 0.400. The van der Waals surface area contributed by atoms with Gasteiger partial charge in [-0.1, -0.05) is 18.2 Å². The highest BCUT2D eigenvalue weighted by Crippen LogP contribution is 2.20. The molecule has 0 atom stereocenters. The van der Waals surface area contributed by atoms with Gasteiger partial charge in [0.25, 0.3) is 5.91 Å². The first-order chi connectivity index (χ1) is 12.2. The number of anilines is 1. The highest BCUT2D eigenvalue weighted by atomic mass is 32.1. The van der Waals surface area contributed by atoms with E-state index in [-0.39, 0.29) is 11.8 Å². The minimum Gasteiger partial charge on any atom is -0.339 e. The summed E-state index contributed by atoms with van der Waals surface area (Å²) in [5.41, 5.74) is 1.22. The van der Waals surface area contributed by atoms with Crippen molar-refractivity contribution in [1.29, 1.82) is 0 Å². The van der Waals surface area contributed by atoms with Crippen LogP contribution in [0.2, 0.25) is 0 Å². The molecule has 1 saturated heterocycles. The average Bonchev–Trinajstić information content (AvgIpc) is 3.16. The summed E-state index contributed by atoms with van der Waals surface area (Å²) in [5, 5.41) is 4.98. The van der Waals surface area contributed by atoms with Crippen LogP contribution in [0.4, 0.5) is 5.69 Å². The number of hydrogen-bond donors (Lipinski definition) is 1. The quantitative estimate of drug-likeness (QED) is 0.837. The van der Waals surface area contributed by atoms with Crippen LogP contribution in [0.15, 0.2) is 41.8 Å². The topological polar surface area (TPSA) is 49.4 Å². The van der Waals surface area contributed by atoms with Gasteiger partial charge in [0.2, 0.25) is 5.91 Å². The first-order valence-corrected chi connectivity index (χ1v) is 9.82. The summed E-state index contributed by atoms with van der Waals surface area (Å²) in [6.07, 6.45) is 5.50. The summed E-state index contributed by atoms with van der Waals surface area (Å²) >= 11 is 1.72. The smallest absolute Gasteiger partial charge is 0.255 e. The van der Waals surface area contributed by atoms with E-state index in [0.717, 1.165) is 38.8 Å². The SMILES string of the molecule is O=C(CCCc1cccs1)Nc1ccccc1C(=O)N1CCCCC1. The molecule has 0 aliphatic carbocycles. The normalized spacial score (nSPS) is 14.3. The van der Waals surface area contributed by atoms with E-state index in [0.29, 0.717) is 17.7 Å². The number of aryl methyl sites for hydroxylation is 1. The van der Waals surface area contributed by atoms with Crippen LogP contribution < -0.4 is 5.32 Å². The Morgan fingerprint density at radius 3 is 2.60 bits per heavy atom. The second kappa shape index (κ2) is 8.81. The summed E-state index contributed by atoms with van der Waals surface area (Å²) in [7, 11) is 0. The van der Waals surface area contributed by atoms with E-state index in [9.17, 15) is 9.59 Å². The number of piperidine rings is 1. The lowest BCUT2D eigenvalue weighted by Crippen LogP contribution is -2.36. The molecule has 0 saturated carbocycles. The van der Waals surface area contributed by atoms with E-state index in [1.54, 1.807) is 17.4 Å². The molecule has 2 heterocycles. The van der Waals surface area contributed by atoms with Gasteiger partial charge in [-0.05, 0) is 55.7 Å². The molecule has 1 aromatic heterocycles. The first-order valence-electron chi connectivity index (χ1n) is 8.94. The number of thiophene rings is 1. The lowest BCUT2D eigenvalue weighted by Gasteiger charge is -2.27. The molecule has 3 rings (SSSR count). The molecule has 1 N–H and O–H groups in total. The standard InChI is InChI=1S/C20H24N2O2S/c23-19(12-6-8-16-9-7-15-25-16)21-18-11-3-2-10-17(18)20(24)22-13-4-1-5-14-22/h2-3,7,9-11,15H,1,4-6,8,12-14H2,(H,21,23). The van der Waals surface area contributed by atoms with E-state index in [2.05, 4.69) is 16.8 Å². The summed E-state index contributed by atoms with van der Waals surface area (Å²) in [5.74, 6) is -0.00960. The van der Waals surface area contributed by atoms with Crippen molar-refractivity contribution in [2.24, 2.45) is 0 Å². The third kappa shape index (κ3) is 4.92. The highest BCUT2D eigenvalue weighted by Gasteiger charge is 2.21. The lowest BCUT2D eigenvalue weighted by molar-refractivity contribution is -0.116. The van der Waals surface area contributed by atoms with Crippen molar-refractivity contribution in [2.75, 3.05) is 18.4 Å². The minimum atomic E-state index is -0.0320. The molecule has 2 aromatic rings. The van der Waals surface area contributed by atoms with Gasteiger partial charge < -0.3 is 10.2 Å². The number of amides is 2. The fourth-order valence-corrected chi connectivity index (χ4v) is 3.89. The molecule has 5 heteroatoms. The molecule has 1 aliphatic rings. The van der Waals surface area contributed by atoms with Crippen LogP contribution >= 0.6 is 11.3 Å². The molecule has 4 nitrogen and oxygen atoms in total. The zero-order valence-electron chi connectivity index (χ0n) is 14.4. The lowest BCUT2D eigenvalue weighted by atomic mass is 10.1. The fourth-order valence-electron chi connectivity index (χ4n) is 3.14. The van der Waals surface area contributed by atoms with Crippen LogP contribution in [0.3, 0.4) is 0 Å². The van der Waals surface area contributed by atoms with Crippen LogP contribution in [0.25, 0.3) is 0 Å². The van der Waals surface area contributed by atoms with E-state index < -0.39 is 0 Å². The number of carbonyl (C=O) groups excluding carboxylic acids is 2. The van der Waals surface area contributed by atoms with Crippen molar-refractivity contribution in [3.05, 3.63) is 52.2 Å². The zero-order chi connectivity index (χ0) is 17.5. The Bertz CT molecular complexity index is 706. The van der Waals surface area contributed by atoms with Gasteiger partial charge in [-0.25, -0.2) is 0 Å². The van der Waals surface area contributed by atoms with Crippen LogP contribution in [-0.4, -0.2) is 29.8 Å². The Hall–Kier alpha value is -2.14. The van der Waals surface area contributed by atoms with E-state index >= 15 is 0 Å². The summed E-state index contributed by atoms with van der Waals surface area (Å²) < 4.78 is 0. The van der Waals surface area contributed by atoms with Crippen molar-refractivity contribution >= 4 is 28.8 Å². The van der Waals surface area contributed by atoms with Gasteiger partial charge in [-0.15, -0.1) is 11.3 Å². The number of benzene rings is 1. The van der Waals surface area contributed by atoms with Crippen LogP contribution in [0, 0.1) is 0 Å². The maximum absolute atomic E-state index is 12.7. The Balaban J connectivity index is 1.58. The molecule has 0 radical (unpaired) electrons. The Kier molecular flexibility index (Phi) is 6.23. The second-order valence-electron chi connectivity index (χ2n) is 6.38. The van der Waals surface area contributed by atoms with Gasteiger partial charge in [-0.2, -0.15) is 0 Å². The maximum Gasteiger partial charge on any atom is 0.255 e. The third-order valence-corrected chi connectivity index (χ3v) is 5.42. The number of rotatable bonds is 6. The maximum atomic E-state index is 12.7. The van der Waals surface area contributed by atoms with Gasteiger partial charge in [0, 0.05) is 24.4 Å². The molecule has 0 bridgehead atoms. The zero-order valence-corrected chi connectivity index (χ0v) is 15.2. The monoisotopic (exact) mass is 356 g/mol. The second-order valence-corrected chi connectivity index (χ2v) is 7.41. The van der Waals surface area contributed by atoms with Crippen molar-refractivity contribution in [2.45, 2.75) is 38.5 Å². The number of hydrogen-bond acceptors (Lipinski definition) is 3. The Morgan fingerprint density at radius 2 is 1.84 bits per heavy atom. The highest BCUT2D eigenvalue weighted by molar-refractivity contribution is 7.09. The minimum absolute atomic E-state index is 0.0224. The molecule has 0 unspecified atom stereocenters. The van der Waals surface area contributed by atoms with Crippen molar-refractivity contribution in [3.63, 3.8) is 0 Å². The molecule has 2 amide bonds. The van der Waals surface area contributed by atoms with E-state index in [1.165, 1.54) is 11.3 Å². The predicted molar refractivity (Wildman–Crippen MR) is 102 cm³/mol. The number of likely N-dealkylation sites (tertiary alicyclic amines) is 1. The molecule has 132 valence electrons. The number of carbonyl (C=O) groups is 2. The van der Waals surface area contributed by atoms with Gasteiger partial charge in [0.1, 0.15) is 0 Å². The van der Waals surface area contributed by atoms with E-state index in [4.69, 9.17) is 0 Å². The Morgan fingerprint density at radius 1 is 1.04 bits per heavy atom. The van der Waals surface area contributed by atoms with Crippen LogP contribution in [0.5, 0.6) is 0 Å². The summed E-state index contributed by atoms with van der Waals surface area (Å²) in [6.45, 7) is 1.61. The van der Waals surface area contributed by atoms with Crippen molar-refractivity contribution < 1.29 is 9.59 Å². The molecule has 1 fully saturated rings. The molecule has 1 aromatic carbocycles. The Labute approximate surface area is 152 Å². The third-order valence-electron chi connectivity index (χ3n) is 4.48. The molecular formula is C20H24N2O2S. The number of nitrogens with one attached hydrogen (secondary N) is 1. The van der Waals surface area contributed by atoms with Crippen molar-refractivity contribution in [3.8, 4) is 0 Å². The molecule has 0 spiro atoms. The van der Waals surface area contributed by atoms with Gasteiger partial charge >= 0.3 is 0 Å². The number of nitrogens with zero attached hydrogens (tertiary/aromatic N) is 1. The average molecular weight is 356 g/mol. The van der Waals surface area contributed by atoms with E-state index in [1.807, 2.05) is 29.2 Å². The molecular weight excluding hydrogens is 332 g/mol. The van der Waals surface area contributed by atoms with Gasteiger partial charge in [0.05, 0.1) is 11.3 Å². The van der Waals surface area contributed by atoms with Crippen molar-refractivity contribution in [1.82, 2.24) is 4.90 Å². The van der Waals surface area contributed by atoms with Crippen LogP contribution in [-0.2, 0) is 11.2 Å². The van der Waals surface area contributed by atoms with Gasteiger partial charge in [0.15, 0.2) is 0 Å². The van der Waals surface area contributed by atoms with Crippen LogP contribution in [0.1, 0.15) is 47.3 Å². The molecule has 25 heavy (non-hydrogen) atoms. The largest absolute Gasteiger partial charge is 0.339 e. The number of para-hydroxylation sites is 1. The summed E-state index contributed by atoms with van der Waals surface area (Å²) in [6, 6.07) is 11.4. The summed E-state index contributed by atoms with van der Waals surface area (Å²) in [4.78, 5) is 28.2. The first kappa shape index (κ1) is 17.7. The molecule has 1 aliphatic heterocycles. The van der Waals surface area contributed by atoms with Gasteiger partial charge in [-0.3, -0.25) is 9.59 Å².